The van der Waals surface area contributed by atoms with E-state index in [2.05, 4.69) is 26.1 Å². The molecule has 0 bridgehead atoms. The fraction of sp³-hybridized carbons (Fsp3) is 1.00. The van der Waals surface area contributed by atoms with Gasteiger partial charge in [-0.25, -0.2) is 0 Å². The average Bonchev–Trinajstić information content (AvgIpc) is 2.91. The molecule has 88 valence electrons. The summed E-state index contributed by atoms with van der Waals surface area (Å²) in [6, 6.07) is 1.50. The fourth-order valence-corrected chi connectivity index (χ4v) is 3.32. The summed E-state index contributed by atoms with van der Waals surface area (Å²) >= 11 is 0. The second kappa shape index (κ2) is 4.06. The highest BCUT2D eigenvalue weighted by molar-refractivity contribution is 5.09. The molecule has 2 aliphatic carbocycles. The zero-order valence-electron chi connectivity index (χ0n) is 10.5. The van der Waals surface area contributed by atoms with Gasteiger partial charge in [-0.1, -0.05) is 20.8 Å². The number of hydrogen-bond donors (Lipinski definition) is 1. The van der Waals surface area contributed by atoms with Crippen molar-refractivity contribution in [2.24, 2.45) is 11.3 Å². The van der Waals surface area contributed by atoms with Crippen LogP contribution >= 0.6 is 0 Å². The Morgan fingerprint density at radius 3 is 2.27 bits per heavy atom. The van der Waals surface area contributed by atoms with Gasteiger partial charge in [0.25, 0.3) is 0 Å². The van der Waals surface area contributed by atoms with Crippen LogP contribution in [0.3, 0.4) is 0 Å². The van der Waals surface area contributed by atoms with E-state index in [-0.39, 0.29) is 0 Å². The van der Waals surface area contributed by atoms with E-state index in [1.807, 2.05) is 7.11 Å². The summed E-state index contributed by atoms with van der Waals surface area (Å²) in [6.07, 6.45) is 5.54. The minimum absolute atomic E-state index is 0.414. The van der Waals surface area contributed by atoms with Gasteiger partial charge in [-0.15, -0.1) is 0 Å². The normalized spacial score (nSPS) is 42.4. The molecule has 1 N–H and O–H groups in total. The summed E-state index contributed by atoms with van der Waals surface area (Å²) in [5, 5.41) is 3.82. The van der Waals surface area contributed by atoms with Crippen LogP contribution in [0.4, 0.5) is 0 Å². The SMILES string of the molecule is CCC1(CC)C(NC2CC2C)CC1OC. The number of ether oxygens (including phenoxy) is 1. The minimum Gasteiger partial charge on any atom is -0.381 e. The molecule has 0 aromatic carbocycles. The van der Waals surface area contributed by atoms with Gasteiger partial charge in [0.15, 0.2) is 0 Å². The Labute approximate surface area is 93.8 Å². The lowest BCUT2D eigenvalue weighted by Gasteiger charge is -2.55. The van der Waals surface area contributed by atoms with Gasteiger partial charge in [0.1, 0.15) is 0 Å². The van der Waals surface area contributed by atoms with Gasteiger partial charge in [0.2, 0.25) is 0 Å². The van der Waals surface area contributed by atoms with Crippen LogP contribution in [0.2, 0.25) is 0 Å². The van der Waals surface area contributed by atoms with Crippen molar-refractivity contribution in [1.29, 1.82) is 0 Å². The lowest BCUT2D eigenvalue weighted by molar-refractivity contribution is -0.124. The van der Waals surface area contributed by atoms with E-state index in [9.17, 15) is 0 Å². The number of methoxy groups -OCH3 is 1. The summed E-state index contributed by atoms with van der Waals surface area (Å²) < 4.78 is 5.60. The van der Waals surface area contributed by atoms with Crippen molar-refractivity contribution >= 4 is 0 Å². The molecule has 4 unspecified atom stereocenters. The smallest absolute Gasteiger partial charge is 0.0657 e. The maximum Gasteiger partial charge on any atom is 0.0657 e. The molecule has 0 amide bonds. The Morgan fingerprint density at radius 2 is 1.87 bits per heavy atom. The Morgan fingerprint density at radius 1 is 1.27 bits per heavy atom. The third kappa shape index (κ3) is 1.72. The van der Waals surface area contributed by atoms with Crippen molar-refractivity contribution in [1.82, 2.24) is 5.32 Å². The fourth-order valence-electron chi connectivity index (χ4n) is 3.32. The second-order valence-corrected chi connectivity index (χ2v) is 5.44. The third-order valence-corrected chi connectivity index (χ3v) is 4.91. The largest absolute Gasteiger partial charge is 0.381 e. The van der Waals surface area contributed by atoms with Gasteiger partial charge in [0, 0.05) is 24.6 Å². The van der Waals surface area contributed by atoms with Crippen LogP contribution in [-0.2, 0) is 4.74 Å². The Balaban J connectivity index is 1.95. The van der Waals surface area contributed by atoms with Gasteiger partial charge in [-0.3, -0.25) is 0 Å². The molecular weight excluding hydrogens is 186 g/mol. The zero-order chi connectivity index (χ0) is 11.1. The molecule has 0 saturated heterocycles. The molecular formula is C13H25NO. The predicted octanol–water partition coefficient (Wildman–Crippen LogP) is 2.58. The molecule has 0 radical (unpaired) electrons. The van der Waals surface area contributed by atoms with Crippen molar-refractivity contribution in [3.8, 4) is 0 Å². The van der Waals surface area contributed by atoms with Gasteiger partial charge in [-0.2, -0.15) is 0 Å². The van der Waals surface area contributed by atoms with Crippen LogP contribution in [0.5, 0.6) is 0 Å². The number of hydrogen-bond acceptors (Lipinski definition) is 2. The highest BCUT2D eigenvalue weighted by atomic mass is 16.5. The lowest BCUT2D eigenvalue weighted by Crippen LogP contribution is -2.63. The first-order valence-corrected chi connectivity index (χ1v) is 6.46. The molecule has 2 nitrogen and oxygen atoms in total. The maximum atomic E-state index is 5.60. The molecule has 2 aliphatic rings. The standard InChI is InChI=1S/C13H25NO/c1-5-13(6-2)11(8-12(13)15-4)14-10-7-9(10)3/h9-12,14H,5-8H2,1-4H3. The van der Waals surface area contributed by atoms with Gasteiger partial charge < -0.3 is 10.1 Å². The van der Waals surface area contributed by atoms with Crippen LogP contribution in [0, 0.1) is 11.3 Å². The van der Waals surface area contributed by atoms with E-state index in [1.54, 1.807) is 0 Å². The number of nitrogens with one attached hydrogen (secondary N) is 1. The molecule has 4 atom stereocenters. The first-order chi connectivity index (χ1) is 7.17. The highest BCUT2D eigenvalue weighted by Gasteiger charge is 2.54. The van der Waals surface area contributed by atoms with Gasteiger partial charge >= 0.3 is 0 Å². The second-order valence-electron chi connectivity index (χ2n) is 5.44. The van der Waals surface area contributed by atoms with E-state index < -0.39 is 0 Å². The van der Waals surface area contributed by atoms with Crippen LogP contribution in [0.25, 0.3) is 0 Å². The molecule has 0 heterocycles. The van der Waals surface area contributed by atoms with Crippen LogP contribution in [0.15, 0.2) is 0 Å². The Hall–Kier alpha value is -0.0800. The molecule has 2 fully saturated rings. The van der Waals surface area contributed by atoms with E-state index in [4.69, 9.17) is 4.74 Å². The summed E-state index contributed by atoms with van der Waals surface area (Å²) in [6.45, 7) is 6.95. The average molecular weight is 211 g/mol. The van der Waals surface area contributed by atoms with Crippen molar-refractivity contribution in [3.63, 3.8) is 0 Å². The maximum absolute atomic E-state index is 5.60. The summed E-state index contributed by atoms with van der Waals surface area (Å²) in [4.78, 5) is 0. The van der Waals surface area contributed by atoms with Crippen LogP contribution in [0.1, 0.15) is 46.5 Å². The molecule has 0 aromatic rings. The zero-order valence-corrected chi connectivity index (χ0v) is 10.5. The Kier molecular flexibility index (Phi) is 3.09. The van der Waals surface area contributed by atoms with Crippen LogP contribution in [-0.4, -0.2) is 25.3 Å². The quantitative estimate of drug-likeness (QED) is 0.754. The minimum atomic E-state index is 0.414. The summed E-state index contributed by atoms with van der Waals surface area (Å²) in [5.41, 5.74) is 0.414. The molecule has 15 heavy (non-hydrogen) atoms. The van der Waals surface area contributed by atoms with Crippen molar-refractivity contribution in [2.45, 2.75) is 64.6 Å². The molecule has 2 saturated carbocycles. The van der Waals surface area contributed by atoms with E-state index in [0.717, 1.165) is 12.0 Å². The summed E-state index contributed by atoms with van der Waals surface area (Å²) in [5.74, 6) is 0.901. The van der Waals surface area contributed by atoms with Crippen molar-refractivity contribution < 1.29 is 4.74 Å². The van der Waals surface area contributed by atoms with E-state index in [0.29, 0.717) is 17.6 Å². The van der Waals surface area contributed by atoms with Crippen molar-refractivity contribution in [3.05, 3.63) is 0 Å². The number of rotatable bonds is 5. The monoisotopic (exact) mass is 211 g/mol. The molecule has 0 aliphatic heterocycles. The first kappa shape index (κ1) is 11.4. The van der Waals surface area contributed by atoms with Crippen LogP contribution < -0.4 is 5.32 Å². The molecule has 0 spiro atoms. The van der Waals surface area contributed by atoms with E-state index in [1.165, 1.54) is 25.7 Å². The predicted molar refractivity (Wildman–Crippen MR) is 62.9 cm³/mol. The first-order valence-electron chi connectivity index (χ1n) is 6.46. The van der Waals surface area contributed by atoms with Gasteiger partial charge in [-0.05, 0) is 31.6 Å². The van der Waals surface area contributed by atoms with E-state index >= 15 is 0 Å². The highest BCUT2D eigenvalue weighted by Crippen LogP contribution is 2.50. The van der Waals surface area contributed by atoms with Gasteiger partial charge in [0.05, 0.1) is 6.10 Å². The Bertz CT molecular complexity index is 225. The topological polar surface area (TPSA) is 21.3 Å². The van der Waals surface area contributed by atoms with Crippen molar-refractivity contribution in [2.75, 3.05) is 7.11 Å². The molecule has 2 rings (SSSR count). The summed E-state index contributed by atoms with van der Waals surface area (Å²) in [7, 11) is 1.86. The lowest BCUT2D eigenvalue weighted by atomic mass is 9.58. The molecule has 0 aromatic heterocycles. The third-order valence-electron chi connectivity index (χ3n) is 4.91. The molecule has 2 heteroatoms.